The Balaban J connectivity index is 4.13. The van der Waals surface area contributed by atoms with Crippen LogP contribution < -0.4 is 0 Å². The van der Waals surface area contributed by atoms with Crippen LogP contribution >= 0.6 is 7.14 Å². The fraction of sp³-hybridized carbons (Fsp3) is 0.800. The molecule has 0 saturated heterocycles. The van der Waals surface area contributed by atoms with Crippen LogP contribution in [0.15, 0.2) is 0 Å². The van der Waals surface area contributed by atoms with Gasteiger partial charge in [-0.25, -0.2) is 0 Å². The number of rotatable bonds is 7. The molecule has 3 nitrogen and oxygen atoms in total. The molecule has 0 heterocycles. The molecule has 0 atom stereocenters. The van der Waals surface area contributed by atoms with E-state index in [9.17, 15) is 4.57 Å². The summed E-state index contributed by atoms with van der Waals surface area (Å²) in [6.45, 7) is 2.05. The zero-order valence-electron chi connectivity index (χ0n) is 8.70. The van der Waals surface area contributed by atoms with Gasteiger partial charge in [-0.2, -0.15) is 10.5 Å². The maximum absolute atomic E-state index is 12.2. The highest BCUT2D eigenvalue weighted by atomic mass is 31.2. The zero-order chi connectivity index (χ0) is 10.9. The van der Waals surface area contributed by atoms with Gasteiger partial charge in [0.25, 0.3) is 0 Å². The average molecular weight is 212 g/mol. The fourth-order valence-corrected chi connectivity index (χ4v) is 3.87. The van der Waals surface area contributed by atoms with Crippen molar-refractivity contribution in [3.63, 3.8) is 0 Å². The van der Waals surface area contributed by atoms with Crippen molar-refractivity contribution in [1.82, 2.24) is 0 Å². The van der Waals surface area contributed by atoms with Crippen LogP contribution in [0.25, 0.3) is 0 Å². The van der Waals surface area contributed by atoms with E-state index >= 15 is 0 Å². The molecular formula is C10H17N2OP. The quantitative estimate of drug-likeness (QED) is 0.609. The minimum absolute atomic E-state index is 0.354. The van der Waals surface area contributed by atoms with Crippen LogP contribution in [-0.2, 0) is 4.57 Å². The predicted molar refractivity (Wildman–Crippen MR) is 57.6 cm³/mol. The molecule has 0 N–H and O–H groups in total. The van der Waals surface area contributed by atoms with Crippen molar-refractivity contribution >= 4 is 7.14 Å². The first-order valence-corrected chi connectivity index (χ1v) is 7.26. The van der Waals surface area contributed by atoms with E-state index in [2.05, 4.69) is 6.92 Å². The molecular weight excluding hydrogens is 195 g/mol. The van der Waals surface area contributed by atoms with Crippen molar-refractivity contribution in [3.8, 4) is 12.1 Å². The lowest BCUT2D eigenvalue weighted by atomic mass is 10.4. The summed E-state index contributed by atoms with van der Waals surface area (Å²) in [5.41, 5.74) is 0. The molecule has 0 aliphatic rings. The van der Waals surface area contributed by atoms with Gasteiger partial charge in [0, 0.05) is 31.3 Å². The zero-order valence-corrected chi connectivity index (χ0v) is 9.59. The molecule has 0 spiro atoms. The number of unbranched alkanes of at least 4 members (excludes halogenated alkanes) is 1. The molecule has 0 aromatic heterocycles. The van der Waals surface area contributed by atoms with E-state index in [-0.39, 0.29) is 0 Å². The standard InChI is InChI=1S/C10H17N2OP/c1-2-3-8-14(13,9-4-6-11)10-5-7-12/h2-5,8-10H2,1H3. The summed E-state index contributed by atoms with van der Waals surface area (Å²) in [5.74, 6) is 0. The second-order valence-electron chi connectivity index (χ2n) is 3.40. The van der Waals surface area contributed by atoms with Crippen LogP contribution in [0.1, 0.15) is 32.6 Å². The molecule has 0 radical (unpaired) electrons. The Morgan fingerprint density at radius 1 is 1.07 bits per heavy atom. The molecule has 0 amide bonds. The molecule has 0 rings (SSSR count). The molecule has 4 heteroatoms. The van der Waals surface area contributed by atoms with Gasteiger partial charge in [-0.15, -0.1) is 0 Å². The van der Waals surface area contributed by atoms with Crippen molar-refractivity contribution in [2.75, 3.05) is 18.5 Å². The molecule has 14 heavy (non-hydrogen) atoms. The van der Waals surface area contributed by atoms with E-state index in [1.807, 2.05) is 12.1 Å². The topological polar surface area (TPSA) is 64.7 Å². The van der Waals surface area contributed by atoms with E-state index < -0.39 is 7.14 Å². The molecule has 0 unspecified atom stereocenters. The Hall–Kier alpha value is -0.790. The molecule has 78 valence electrons. The lowest BCUT2D eigenvalue weighted by Crippen LogP contribution is -1.99. The van der Waals surface area contributed by atoms with Gasteiger partial charge in [-0.1, -0.05) is 13.3 Å². The van der Waals surface area contributed by atoms with Crippen LogP contribution in [0.4, 0.5) is 0 Å². The summed E-state index contributed by atoms with van der Waals surface area (Å²) in [4.78, 5) is 0. The van der Waals surface area contributed by atoms with Crippen molar-refractivity contribution in [2.45, 2.75) is 32.6 Å². The van der Waals surface area contributed by atoms with Gasteiger partial charge < -0.3 is 4.57 Å². The molecule has 0 saturated carbocycles. The Labute approximate surface area is 86.1 Å². The van der Waals surface area contributed by atoms with Gasteiger partial charge in [-0.3, -0.25) is 0 Å². The summed E-state index contributed by atoms with van der Waals surface area (Å²) in [6.07, 6.45) is 4.35. The summed E-state index contributed by atoms with van der Waals surface area (Å²) >= 11 is 0. The minimum atomic E-state index is -2.21. The van der Waals surface area contributed by atoms with Crippen LogP contribution in [0.5, 0.6) is 0 Å². The van der Waals surface area contributed by atoms with Crippen molar-refractivity contribution in [1.29, 1.82) is 10.5 Å². The monoisotopic (exact) mass is 212 g/mol. The van der Waals surface area contributed by atoms with Crippen LogP contribution in [0, 0.1) is 22.7 Å². The first kappa shape index (κ1) is 13.2. The normalized spacial score (nSPS) is 10.5. The summed E-state index contributed by atoms with van der Waals surface area (Å²) < 4.78 is 12.2. The van der Waals surface area contributed by atoms with Gasteiger partial charge in [0.1, 0.15) is 0 Å². The van der Waals surface area contributed by atoms with Crippen LogP contribution in [0.3, 0.4) is 0 Å². The fourth-order valence-electron chi connectivity index (χ4n) is 1.29. The van der Waals surface area contributed by atoms with Crippen LogP contribution in [-0.4, -0.2) is 18.5 Å². The summed E-state index contributed by atoms with van der Waals surface area (Å²) in [5, 5.41) is 16.9. The Morgan fingerprint density at radius 2 is 1.57 bits per heavy atom. The van der Waals surface area contributed by atoms with Crippen molar-refractivity contribution in [3.05, 3.63) is 0 Å². The Morgan fingerprint density at radius 3 is 1.93 bits per heavy atom. The third-order valence-electron chi connectivity index (χ3n) is 2.18. The third-order valence-corrected chi connectivity index (χ3v) is 5.39. The second-order valence-corrected chi connectivity index (χ2v) is 6.86. The van der Waals surface area contributed by atoms with Crippen molar-refractivity contribution < 1.29 is 4.57 Å². The third kappa shape index (κ3) is 5.79. The number of nitriles is 2. The molecule has 0 bridgehead atoms. The first-order chi connectivity index (χ1) is 6.68. The van der Waals surface area contributed by atoms with Gasteiger partial charge in [-0.05, 0) is 6.42 Å². The second kappa shape index (κ2) is 7.60. The van der Waals surface area contributed by atoms with E-state index in [1.54, 1.807) is 0 Å². The van der Waals surface area contributed by atoms with Gasteiger partial charge in [0.15, 0.2) is 0 Å². The molecule has 0 fully saturated rings. The lowest BCUT2D eigenvalue weighted by Gasteiger charge is -2.14. The molecule has 0 aliphatic carbocycles. The molecule has 0 aromatic carbocycles. The number of hydrogen-bond acceptors (Lipinski definition) is 3. The largest absolute Gasteiger partial charge is 0.323 e. The smallest absolute Gasteiger partial charge is 0.0897 e. The first-order valence-electron chi connectivity index (χ1n) is 4.99. The maximum atomic E-state index is 12.2. The lowest BCUT2D eigenvalue weighted by molar-refractivity contribution is 0.571. The summed E-state index contributed by atoms with van der Waals surface area (Å²) in [7, 11) is -2.21. The molecule has 0 aromatic rings. The number of nitrogens with zero attached hydrogens (tertiary/aromatic N) is 2. The highest BCUT2D eigenvalue weighted by Gasteiger charge is 2.20. The van der Waals surface area contributed by atoms with E-state index in [4.69, 9.17) is 10.5 Å². The molecule has 0 aliphatic heterocycles. The van der Waals surface area contributed by atoms with E-state index in [1.165, 1.54) is 0 Å². The van der Waals surface area contributed by atoms with Crippen LogP contribution in [0.2, 0.25) is 0 Å². The predicted octanol–water partition coefficient (Wildman–Crippen LogP) is 2.98. The van der Waals surface area contributed by atoms with Crippen molar-refractivity contribution in [2.24, 2.45) is 0 Å². The Bertz CT molecular complexity index is 253. The number of hydrogen-bond donors (Lipinski definition) is 0. The van der Waals surface area contributed by atoms with Gasteiger partial charge in [0.05, 0.1) is 19.3 Å². The Kier molecular flexibility index (Phi) is 7.17. The highest BCUT2D eigenvalue weighted by molar-refractivity contribution is 7.63. The highest BCUT2D eigenvalue weighted by Crippen LogP contribution is 2.47. The van der Waals surface area contributed by atoms with E-state index in [0.717, 1.165) is 12.8 Å². The maximum Gasteiger partial charge on any atom is 0.0897 e. The SMILES string of the molecule is CCCCP(=O)(CCC#N)CCC#N. The summed E-state index contributed by atoms with van der Waals surface area (Å²) in [6, 6.07) is 4.04. The van der Waals surface area contributed by atoms with Gasteiger partial charge >= 0.3 is 0 Å². The van der Waals surface area contributed by atoms with Gasteiger partial charge in [0.2, 0.25) is 0 Å². The van der Waals surface area contributed by atoms with E-state index in [0.29, 0.717) is 31.3 Å². The minimum Gasteiger partial charge on any atom is -0.323 e. The average Bonchev–Trinajstić information content (AvgIpc) is 2.21.